The summed E-state index contributed by atoms with van der Waals surface area (Å²) >= 11 is 1.58. The van der Waals surface area contributed by atoms with Gasteiger partial charge in [-0.15, -0.1) is 23.4 Å². The summed E-state index contributed by atoms with van der Waals surface area (Å²) in [5, 5.41) is 18.9. The summed E-state index contributed by atoms with van der Waals surface area (Å²) in [7, 11) is 0. The molecule has 0 saturated carbocycles. The Morgan fingerprint density at radius 1 is 1.32 bits per heavy atom. The van der Waals surface area contributed by atoms with Crippen LogP contribution in [0.1, 0.15) is 33.1 Å². The Morgan fingerprint density at radius 2 is 2.10 bits per heavy atom. The molecule has 2 amide bonds. The van der Waals surface area contributed by atoms with Gasteiger partial charge in [0.15, 0.2) is 0 Å². The fourth-order valence-electron chi connectivity index (χ4n) is 6.78. The molecule has 3 aliphatic rings. The van der Waals surface area contributed by atoms with Crippen molar-refractivity contribution < 1.29 is 24.2 Å². The Balaban J connectivity index is 1.56. The maximum atomic E-state index is 14.7. The molecule has 4 heterocycles. The van der Waals surface area contributed by atoms with Crippen LogP contribution in [0.5, 0.6) is 0 Å². The van der Waals surface area contributed by atoms with E-state index in [1.54, 1.807) is 32.3 Å². The summed E-state index contributed by atoms with van der Waals surface area (Å²) in [6, 6.07) is 6.11. The van der Waals surface area contributed by atoms with Crippen molar-refractivity contribution in [1.82, 2.24) is 24.8 Å². The Morgan fingerprint density at radius 3 is 2.80 bits per heavy atom. The van der Waals surface area contributed by atoms with Gasteiger partial charge in [-0.3, -0.25) is 14.4 Å². The van der Waals surface area contributed by atoms with Gasteiger partial charge in [0, 0.05) is 11.8 Å². The third-order valence-corrected chi connectivity index (χ3v) is 10.8. The SMILES string of the molecule is C=CCOC(=O)[C@@H]1[C@H]2C(=O)N([C@@H](CO)[C@@H](C)CC)C(C(=O)N(CC=C)Cn3nnc4ccccc43)C23CC[C@H]1S3. The van der Waals surface area contributed by atoms with Gasteiger partial charge in [-0.1, -0.05) is 56.3 Å². The van der Waals surface area contributed by atoms with E-state index < -0.39 is 34.6 Å². The van der Waals surface area contributed by atoms with E-state index in [0.29, 0.717) is 18.4 Å². The molecule has 2 aromatic rings. The Kier molecular flexibility index (Phi) is 8.05. The third kappa shape index (κ3) is 4.43. The van der Waals surface area contributed by atoms with Crippen molar-refractivity contribution >= 4 is 40.6 Å². The average molecular weight is 568 g/mol. The second-order valence-corrected chi connectivity index (χ2v) is 12.5. The molecule has 214 valence electrons. The molecule has 11 heteroatoms. The largest absolute Gasteiger partial charge is 0.461 e. The number of likely N-dealkylation sites (tertiary alicyclic amines) is 1. The molecule has 3 aliphatic heterocycles. The number of aromatic nitrogens is 3. The molecule has 1 aromatic carbocycles. The van der Waals surface area contributed by atoms with Crippen molar-refractivity contribution in [3.8, 4) is 0 Å². The van der Waals surface area contributed by atoms with Crippen LogP contribution in [-0.2, 0) is 25.8 Å². The van der Waals surface area contributed by atoms with Crippen LogP contribution in [0.2, 0.25) is 0 Å². The van der Waals surface area contributed by atoms with E-state index in [2.05, 4.69) is 23.5 Å². The van der Waals surface area contributed by atoms with E-state index in [-0.39, 0.29) is 49.4 Å². The fourth-order valence-corrected chi connectivity index (χ4v) is 8.96. The smallest absolute Gasteiger partial charge is 0.311 e. The number of ether oxygens (including phenoxy) is 1. The first kappa shape index (κ1) is 28.4. The van der Waals surface area contributed by atoms with Gasteiger partial charge in [0.05, 0.1) is 34.7 Å². The van der Waals surface area contributed by atoms with Crippen molar-refractivity contribution in [2.24, 2.45) is 17.8 Å². The minimum absolute atomic E-state index is 0.0556. The second-order valence-electron chi connectivity index (χ2n) is 10.9. The van der Waals surface area contributed by atoms with Gasteiger partial charge < -0.3 is 19.6 Å². The van der Waals surface area contributed by atoms with Crippen molar-refractivity contribution in [2.45, 2.75) is 61.9 Å². The molecule has 1 aromatic heterocycles. The molecule has 10 nitrogen and oxygen atoms in total. The minimum atomic E-state index is -0.849. The van der Waals surface area contributed by atoms with Gasteiger partial charge in [-0.2, -0.15) is 0 Å². The maximum absolute atomic E-state index is 14.7. The average Bonchev–Trinajstić information content (AvgIpc) is 3.71. The number of rotatable bonds is 12. The number of carbonyl (C=O) groups is 3. The van der Waals surface area contributed by atoms with Gasteiger partial charge in [0.2, 0.25) is 11.8 Å². The van der Waals surface area contributed by atoms with E-state index in [1.165, 1.54) is 6.08 Å². The molecular weight excluding hydrogens is 530 g/mol. The van der Waals surface area contributed by atoms with Crippen molar-refractivity contribution in [3.63, 3.8) is 0 Å². The number of nitrogens with zero attached hydrogens (tertiary/aromatic N) is 5. The Hall–Kier alpha value is -3.18. The standard InChI is InChI=1S/C29H37N5O5S/c1-5-14-32(17-33-20-11-9-8-10-19(20)30-31-33)27(37)25-29-13-12-22(40-29)23(28(38)39-15-6-2)24(29)26(36)34(25)21(16-35)18(4)7-3/h5-6,8-11,18,21-25,35H,1-2,7,12-17H2,3-4H3/t18-,21-,22+,23-,24-,25?,29?/m0/s1. The summed E-state index contributed by atoms with van der Waals surface area (Å²) in [4.78, 5) is 45.5. The second kappa shape index (κ2) is 11.4. The van der Waals surface area contributed by atoms with Crippen LogP contribution in [-0.4, -0.2) is 89.5 Å². The Labute approximate surface area is 238 Å². The number of aliphatic hydroxyl groups is 1. The number of fused-ring (bicyclic) bond motifs is 2. The van der Waals surface area contributed by atoms with Gasteiger partial charge >= 0.3 is 5.97 Å². The van der Waals surface area contributed by atoms with Crippen LogP contribution < -0.4 is 0 Å². The number of hydrogen-bond acceptors (Lipinski definition) is 8. The number of thioether (sulfide) groups is 1. The lowest BCUT2D eigenvalue weighted by Gasteiger charge is -2.41. The number of para-hydroxylation sites is 1. The number of amides is 2. The number of hydrogen-bond donors (Lipinski definition) is 1. The monoisotopic (exact) mass is 567 g/mol. The van der Waals surface area contributed by atoms with Crippen LogP contribution in [0.3, 0.4) is 0 Å². The van der Waals surface area contributed by atoms with Crippen molar-refractivity contribution in [3.05, 3.63) is 49.6 Å². The van der Waals surface area contributed by atoms with Crippen molar-refractivity contribution in [1.29, 1.82) is 0 Å². The zero-order chi connectivity index (χ0) is 28.6. The van der Waals surface area contributed by atoms with E-state index in [9.17, 15) is 19.5 Å². The van der Waals surface area contributed by atoms with E-state index in [1.807, 2.05) is 38.1 Å². The summed E-state index contributed by atoms with van der Waals surface area (Å²) < 4.78 is 6.32. The summed E-state index contributed by atoms with van der Waals surface area (Å²) in [6.07, 6.45) is 5.22. The highest BCUT2D eigenvalue weighted by Crippen LogP contribution is 2.67. The van der Waals surface area contributed by atoms with E-state index >= 15 is 0 Å². The van der Waals surface area contributed by atoms with Gasteiger partial charge in [0.25, 0.3) is 0 Å². The normalized spacial score (nSPS) is 28.4. The first-order valence-electron chi connectivity index (χ1n) is 13.9. The summed E-state index contributed by atoms with van der Waals surface area (Å²) in [6.45, 7) is 11.6. The highest BCUT2D eigenvalue weighted by molar-refractivity contribution is 8.02. The first-order valence-corrected chi connectivity index (χ1v) is 14.8. The topological polar surface area (TPSA) is 118 Å². The molecule has 7 atom stereocenters. The molecular formula is C29H37N5O5S. The number of benzene rings is 1. The molecule has 2 bridgehead atoms. The van der Waals surface area contributed by atoms with Crippen LogP contribution >= 0.6 is 11.8 Å². The molecule has 2 unspecified atom stereocenters. The predicted molar refractivity (Wildman–Crippen MR) is 152 cm³/mol. The highest BCUT2D eigenvalue weighted by Gasteiger charge is 2.75. The molecule has 5 rings (SSSR count). The van der Waals surface area contributed by atoms with Crippen molar-refractivity contribution in [2.75, 3.05) is 19.8 Å². The maximum Gasteiger partial charge on any atom is 0.311 e. The lowest BCUT2D eigenvalue weighted by Crippen LogP contribution is -2.58. The summed E-state index contributed by atoms with van der Waals surface area (Å²) in [5.74, 6) is -2.32. The fraction of sp³-hybridized carbons (Fsp3) is 0.552. The number of carbonyl (C=O) groups excluding carboxylic acids is 3. The Bertz CT molecular complexity index is 1310. The minimum Gasteiger partial charge on any atom is -0.461 e. The van der Waals surface area contributed by atoms with Gasteiger partial charge in [0.1, 0.15) is 24.8 Å². The lowest BCUT2D eigenvalue weighted by molar-refractivity contribution is -0.154. The molecule has 0 aliphatic carbocycles. The molecule has 1 spiro atoms. The van der Waals surface area contributed by atoms with E-state index in [4.69, 9.17) is 4.74 Å². The van der Waals surface area contributed by atoms with Crippen LogP contribution in [0, 0.1) is 17.8 Å². The zero-order valence-electron chi connectivity index (χ0n) is 23.0. The van der Waals surface area contributed by atoms with Crippen LogP contribution in [0.25, 0.3) is 11.0 Å². The van der Waals surface area contributed by atoms with Gasteiger partial charge in [-0.05, 0) is 30.9 Å². The van der Waals surface area contributed by atoms with Crippen LogP contribution in [0.15, 0.2) is 49.6 Å². The molecule has 0 radical (unpaired) electrons. The zero-order valence-corrected chi connectivity index (χ0v) is 23.8. The highest BCUT2D eigenvalue weighted by atomic mass is 32.2. The first-order chi connectivity index (χ1) is 19.3. The number of aliphatic hydroxyl groups excluding tert-OH is 1. The third-order valence-electron chi connectivity index (χ3n) is 8.82. The molecule has 40 heavy (non-hydrogen) atoms. The predicted octanol–water partition coefficient (Wildman–Crippen LogP) is 2.63. The van der Waals surface area contributed by atoms with E-state index in [0.717, 1.165) is 11.9 Å². The quantitative estimate of drug-likeness (QED) is 0.307. The molecule has 1 N–H and O–H groups in total. The molecule has 3 saturated heterocycles. The number of esters is 1. The van der Waals surface area contributed by atoms with Gasteiger partial charge in [-0.25, -0.2) is 4.68 Å². The molecule has 3 fully saturated rings. The van der Waals surface area contributed by atoms with Crippen LogP contribution in [0.4, 0.5) is 0 Å². The summed E-state index contributed by atoms with van der Waals surface area (Å²) in [5.41, 5.74) is 1.50. The lowest BCUT2D eigenvalue weighted by atomic mass is 9.71.